The van der Waals surface area contributed by atoms with Gasteiger partial charge in [-0.2, -0.15) is 0 Å². The molecule has 0 aliphatic carbocycles. The third-order valence-electron chi connectivity index (χ3n) is 2.43. The highest BCUT2D eigenvalue weighted by Gasteiger charge is 2.13. The molecule has 1 amide bonds. The van der Waals surface area contributed by atoms with Crippen molar-refractivity contribution < 1.29 is 19.1 Å². The molecule has 0 saturated heterocycles. The van der Waals surface area contributed by atoms with Gasteiger partial charge in [-0.15, -0.1) is 0 Å². The van der Waals surface area contributed by atoms with Crippen molar-refractivity contribution in [3.8, 4) is 5.75 Å². The van der Waals surface area contributed by atoms with Crippen molar-refractivity contribution in [2.24, 2.45) is 0 Å². The van der Waals surface area contributed by atoms with E-state index in [1.165, 1.54) is 13.2 Å². The molecule has 0 radical (unpaired) electrons. The zero-order valence-electron chi connectivity index (χ0n) is 11.2. The number of nitrogens with one attached hydrogen (secondary N) is 1. The Kier molecular flexibility index (Phi) is 5.60. The van der Waals surface area contributed by atoms with E-state index >= 15 is 0 Å². The predicted molar refractivity (Wildman–Crippen MR) is 71.6 cm³/mol. The number of carbonyl (C=O) groups excluding carboxylic acids is 2. The van der Waals surface area contributed by atoms with Crippen molar-refractivity contribution >= 4 is 18.0 Å². The first-order valence-corrected chi connectivity index (χ1v) is 5.77. The lowest BCUT2D eigenvalue weighted by atomic mass is 10.2. The largest absolute Gasteiger partial charge is 0.497 e. The van der Waals surface area contributed by atoms with Crippen molar-refractivity contribution in [1.29, 1.82) is 0 Å². The van der Waals surface area contributed by atoms with Crippen molar-refractivity contribution in [2.75, 3.05) is 14.2 Å². The molecular weight excluding hydrogens is 246 g/mol. The van der Waals surface area contributed by atoms with Crippen LogP contribution in [-0.4, -0.2) is 32.1 Å². The molecule has 0 bridgehead atoms. The Labute approximate surface area is 112 Å². The molecule has 0 aromatic heterocycles. The van der Waals surface area contributed by atoms with Crippen LogP contribution in [0.3, 0.4) is 0 Å². The Morgan fingerprint density at radius 1 is 1.32 bits per heavy atom. The molecular formula is C14H17NO4. The van der Waals surface area contributed by atoms with Crippen LogP contribution in [0.1, 0.15) is 12.5 Å². The quantitative estimate of drug-likeness (QED) is 0.644. The minimum Gasteiger partial charge on any atom is -0.497 e. The second-order valence-electron chi connectivity index (χ2n) is 3.86. The van der Waals surface area contributed by atoms with Gasteiger partial charge in [0.15, 0.2) is 0 Å². The van der Waals surface area contributed by atoms with Crippen LogP contribution in [-0.2, 0) is 14.3 Å². The fraction of sp³-hybridized carbons (Fsp3) is 0.286. The Bertz CT molecular complexity index is 482. The molecule has 5 nitrogen and oxygen atoms in total. The monoisotopic (exact) mass is 263 g/mol. The van der Waals surface area contributed by atoms with E-state index in [1.807, 2.05) is 18.2 Å². The highest BCUT2D eigenvalue weighted by molar-refractivity contribution is 5.94. The molecule has 0 aliphatic heterocycles. The Morgan fingerprint density at radius 3 is 2.68 bits per heavy atom. The number of rotatable bonds is 5. The van der Waals surface area contributed by atoms with Gasteiger partial charge in [-0.3, -0.25) is 4.79 Å². The number of hydrogen-bond donors (Lipinski definition) is 1. The Hall–Kier alpha value is -2.30. The van der Waals surface area contributed by atoms with Crippen LogP contribution in [0.5, 0.6) is 5.75 Å². The number of methoxy groups -OCH3 is 2. The van der Waals surface area contributed by atoms with Crippen molar-refractivity contribution in [3.63, 3.8) is 0 Å². The molecule has 1 aromatic rings. The second kappa shape index (κ2) is 7.20. The van der Waals surface area contributed by atoms with E-state index in [0.29, 0.717) is 5.75 Å². The van der Waals surface area contributed by atoms with Crippen LogP contribution in [0, 0.1) is 0 Å². The summed E-state index contributed by atoms with van der Waals surface area (Å²) in [6.07, 6.45) is 3.00. The van der Waals surface area contributed by atoms with Gasteiger partial charge in [0.2, 0.25) is 5.91 Å². The molecule has 1 atom stereocenters. The average molecular weight is 263 g/mol. The fourth-order valence-corrected chi connectivity index (χ4v) is 1.41. The minimum atomic E-state index is -0.674. The predicted octanol–water partition coefficient (Wildman–Crippen LogP) is 1.39. The van der Waals surface area contributed by atoms with Crippen LogP contribution < -0.4 is 10.1 Å². The van der Waals surface area contributed by atoms with E-state index in [4.69, 9.17) is 4.74 Å². The van der Waals surface area contributed by atoms with Gasteiger partial charge >= 0.3 is 5.97 Å². The maximum Gasteiger partial charge on any atom is 0.328 e. The summed E-state index contributed by atoms with van der Waals surface area (Å²) in [5.41, 5.74) is 0.834. The van der Waals surface area contributed by atoms with Crippen LogP contribution >= 0.6 is 0 Å². The first kappa shape index (κ1) is 14.8. The van der Waals surface area contributed by atoms with Crippen LogP contribution in [0.25, 0.3) is 6.08 Å². The number of amides is 1. The number of benzene rings is 1. The second-order valence-corrected chi connectivity index (χ2v) is 3.86. The first-order valence-electron chi connectivity index (χ1n) is 5.77. The maximum absolute atomic E-state index is 11.6. The van der Waals surface area contributed by atoms with E-state index in [2.05, 4.69) is 10.1 Å². The van der Waals surface area contributed by atoms with E-state index in [9.17, 15) is 9.59 Å². The summed E-state index contributed by atoms with van der Waals surface area (Å²) in [6, 6.07) is 6.61. The topological polar surface area (TPSA) is 64.6 Å². The number of hydrogen-bond acceptors (Lipinski definition) is 4. The van der Waals surface area contributed by atoms with Crippen LogP contribution in [0.2, 0.25) is 0 Å². The molecule has 19 heavy (non-hydrogen) atoms. The maximum atomic E-state index is 11.6. The van der Waals surface area contributed by atoms with Crippen molar-refractivity contribution in [2.45, 2.75) is 13.0 Å². The molecule has 0 heterocycles. The molecule has 1 rings (SSSR count). The van der Waals surface area contributed by atoms with Crippen molar-refractivity contribution in [1.82, 2.24) is 5.32 Å². The summed E-state index contributed by atoms with van der Waals surface area (Å²) < 4.78 is 9.59. The van der Waals surface area contributed by atoms with Crippen LogP contribution in [0.15, 0.2) is 30.3 Å². The zero-order chi connectivity index (χ0) is 14.3. The van der Waals surface area contributed by atoms with Gasteiger partial charge in [0.1, 0.15) is 11.8 Å². The SMILES string of the molecule is COC(=O)C(C)NC(=O)C=Cc1cccc(OC)c1. The molecule has 0 fully saturated rings. The van der Waals surface area contributed by atoms with Gasteiger partial charge in [0.05, 0.1) is 14.2 Å². The molecule has 102 valence electrons. The smallest absolute Gasteiger partial charge is 0.328 e. The standard InChI is InChI=1S/C14H17NO4/c1-10(14(17)19-3)15-13(16)8-7-11-5-4-6-12(9-11)18-2/h4-10H,1-3H3,(H,15,16). The van der Waals surface area contributed by atoms with Gasteiger partial charge in [0.25, 0.3) is 0 Å². The lowest BCUT2D eigenvalue weighted by Gasteiger charge is -2.09. The summed E-state index contributed by atoms with van der Waals surface area (Å²) >= 11 is 0. The number of esters is 1. The molecule has 0 aliphatic rings. The molecule has 0 saturated carbocycles. The number of carbonyl (C=O) groups is 2. The highest BCUT2D eigenvalue weighted by Crippen LogP contribution is 2.13. The van der Waals surface area contributed by atoms with Crippen LogP contribution in [0.4, 0.5) is 0 Å². The molecule has 5 heteroatoms. The van der Waals surface area contributed by atoms with E-state index in [-0.39, 0.29) is 5.91 Å². The highest BCUT2D eigenvalue weighted by atomic mass is 16.5. The third-order valence-corrected chi connectivity index (χ3v) is 2.43. The summed E-state index contributed by atoms with van der Waals surface area (Å²) in [4.78, 5) is 22.7. The van der Waals surface area contributed by atoms with Gasteiger partial charge < -0.3 is 14.8 Å². The third kappa shape index (κ3) is 4.83. The Balaban J connectivity index is 2.60. The van der Waals surface area contributed by atoms with Gasteiger partial charge in [0, 0.05) is 6.08 Å². The van der Waals surface area contributed by atoms with Gasteiger partial charge in [-0.1, -0.05) is 12.1 Å². The van der Waals surface area contributed by atoms with Gasteiger partial charge in [-0.25, -0.2) is 4.79 Å². The zero-order valence-corrected chi connectivity index (χ0v) is 11.2. The summed E-state index contributed by atoms with van der Waals surface area (Å²) in [5, 5.41) is 2.50. The fourth-order valence-electron chi connectivity index (χ4n) is 1.41. The normalized spacial score (nSPS) is 11.9. The summed E-state index contributed by atoms with van der Waals surface area (Å²) in [6.45, 7) is 1.56. The average Bonchev–Trinajstić information content (AvgIpc) is 2.44. The molecule has 0 spiro atoms. The van der Waals surface area contributed by atoms with E-state index in [0.717, 1.165) is 5.56 Å². The summed E-state index contributed by atoms with van der Waals surface area (Å²) in [7, 11) is 2.85. The van der Waals surface area contributed by atoms with Gasteiger partial charge in [-0.05, 0) is 30.7 Å². The van der Waals surface area contributed by atoms with Crippen molar-refractivity contribution in [3.05, 3.63) is 35.9 Å². The first-order chi connectivity index (χ1) is 9.06. The summed E-state index contributed by atoms with van der Waals surface area (Å²) in [5.74, 6) is -0.130. The minimum absolute atomic E-state index is 0.360. The lowest BCUT2D eigenvalue weighted by Crippen LogP contribution is -2.38. The van der Waals surface area contributed by atoms with E-state index in [1.54, 1.807) is 26.2 Å². The number of ether oxygens (including phenoxy) is 2. The Morgan fingerprint density at radius 2 is 2.05 bits per heavy atom. The van der Waals surface area contributed by atoms with E-state index < -0.39 is 12.0 Å². The molecule has 1 unspecified atom stereocenters. The molecule has 1 N–H and O–H groups in total. The lowest BCUT2D eigenvalue weighted by molar-refractivity contribution is -0.144. The molecule has 1 aromatic carbocycles.